The fraction of sp³-hybridized carbons (Fsp3) is 0.889. The van der Waals surface area contributed by atoms with Crippen molar-refractivity contribution in [3.63, 3.8) is 0 Å². The number of carbonyl (C=O) groups is 2. The Kier molecular flexibility index (Phi) is 8.06. The Morgan fingerprint density at radius 1 is 1.00 bits per heavy atom. The lowest BCUT2D eigenvalue weighted by molar-refractivity contribution is -0.149. The van der Waals surface area contributed by atoms with Gasteiger partial charge in [0.15, 0.2) is 0 Å². The second-order valence-corrected chi connectivity index (χ2v) is 9.83. The molecule has 2 aliphatic carbocycles. The molecule has 2 saturated carbocycles. The maximum Gasteiger partial charge on any atom is 0.500 e. The van der Waals surface area contributed by atoms with Gasteiger partial charge in [0.05, 0.1) is 11.8 Å². The molecule has 8 heteroatoms. The van der Waals surface area contributed by atoms with Crippen molar-refractivity contribution in [1.82, 2.24) is 5.32 Å². The minimum Gasteiger partial charge on any atom is -0.481 e. The Bertz CT molecular complexity index is 471. The van der Waals surface area contributed by atoms with Crippen LogP contribution in [-0.4, -0.2) is 52.2 Å². The van der Waals surface area contributed by atoms with Gasteiger partial charge >= 0.3 is 14.8 Å². The highest BCUT2D eigenvalue weighted by Gasteiger charge is 2.53. The predicted octanol–water partition coefficient (Wildman–Crippen LogP) is 2.29. The van der Waals surface area contributed by atoms with Crippen LogP contribution in [0.2, 0.25) is 6.04 Å². The summed E-state index contributed by atoms with van der Waals surface area (Å²) in [6.45, 7) is 7.84. The number of carboxylic acids is 1. The van der Waals surface area contributed by atoms with Crippen molar-refractivity contribution in [2.24, 2.45) is 23.7 Å². The highest BCUT2D eigenvalue weighted by Crippen LogP contribution is 2.52. The van der Waals surface area contributed by atoms with Crippen LogP contribution in [0.5, 0.6) is 0 Å². The largest absolute Gasteiger partial charge is 0.500 e. The monoisotopic (exact) mass is 387 g/mol. The summed E-state index contributed by atoms with van der Waals surface area (Å²) in [4.78, 5) is 24.2. The molecule has 0 aliphatic heterocycles. The third-order valence-corrected chi connectivity index (χ3v) is 8.71. The van der Waals surface area contributed by atoms with Crippen molar-refractivity contribution in [1.29, 1.82) is 0 Å². The third-order valence-electron chi connectivity index (χ3n) is 5.56. The molecule has 26 heavy (non-hydrogen) atoms. The van der Waals surface area contributed by atoms with Gasteiger partial charge in [-0.25, -0.2) is 0 Å². The average molecular weight is 388 g/mol. The Morgan fingerprint density at radius 3 is 2.04 bits per heavy atom. The van der Waals surface area contributed by atoms with Gasteiger partial charge in [0.25, 0.3) is 0 Å². The molecule has 2 fully saturated rings. The van der Waals surface area contributed by atoms with Gasteiger partial charge in [0, 0.05) is 32.4 Å². The van der Waals surface area contributed by atoms with Gasteiger partial charge in [-0.2, -0.15) is 0 Å². The number of aliphatic carboxylic acids is 1. The van der Waals surface area contributed by atoms with Gasteiger partial charge in [-0.1, -0.05) is 0 Å². The lowest BCUT2D eigenvalue weighted by atomic mass is 9.79. The molecule has 0 radical (unpaired) electrons. The van der Waals surface area contributed by atoms with Gasteiger partial charge in [0.2, 0.25) is 5.91 Å². The number of hydrogen-bond donors (Lipinski definition) is 2. The molecule has 2 N–H and O–H groups in total. The van der Waals surface area contributed by atoms with Crippen molar-refractivity contribution in [3.8, 4) is 0 Å². The SMILES string of the molecule is CCO[Si](CCCNC(=O)C1C2CCC(C2)C1C(=O)O)(OCC)OCC. The van der Waals surface area contributed by atoms with E-state index in [9.17, 15) is 14.7 Å². The van der Waals surface area contributed by atoms with Gasteiger partial charge < -0.3 is 23.7 Å². The Hall–Kier alpha value is -0.963. The summed E-state index contributed by atoms with van der Waals surface area (Å²) in [6, 6.07) is 0.641. The highest BCUT2D eigenvalue weighted by molar-refractivity contribution is 6.60. The highest BCUT2D eigenvalue weighted by atomic mass is 28.4. The molecule has 150 valence electrons. The van der Waals surface area contributed by atoms with Crippen molar-refractivity contribution >= 4 is 20.7 Å². The molecule has 0 saturated heterocycles. The molecule has 0 aromatic rings. The minimum absolute atomic E-state index is 0.110. The number of carboxylic acid groups (broad SMARTS) is 1. The average Bonchev–Trinajstić information content (AvgIpc) is 3.20. The maximum absolute atomic E-state index is 12.6. The first-order valence-corrected chi connectivity index (χ1v) is 11.8. The number of nitrogens with one attached hydrogen (secondary N) is 1. The zero-order chi connectivity index (χ0) is 19.2. The molecule has 7 nitrogen and oxygen atoms in total. The second kappa shape index (κ2) is 9.82. The summed E-state index contributed by atoms with van der Waals surface area (Å²) in [5.41, 5.74) is 0. The molecule has 0 aromatic heterocycles. The smallest absolute Gasteiger partial charge is 0.481 e. The number of rotatable bonds is 12. The molecular weight excluding hydrogens is 354 g/mol. The Labute approximate surface area is 157 Å². The van der Waals surface area contributed by atoms with Gasteiger partial charge in [-0.15, -0.1) is 0 Å². The van der Waals surface area contributed by atoms with E-state index in [2.05, 4.69) is 5.32 Å². The molecule has 2 rings (SSSR count). The topological polar surface area (TPSA) is 94.1 Å². The fourth-order valence-corrected chi connectivity index (χ4v) is 7.27. The first kappa shape index (κ1) is 21.3. The van der Waals surface area contributed by atoms with Crippen LogP contribution in [0, 0.1) is 23.7 Å². The van der Waals surface area contributed by atoms with Crippen LogP contribution >= 0.6 is 0 Å². The van der Waals surface area contributed by atoms with Gasteiger partial charge in [0.1, 0.15) is 0 Å². The van der Waals surface area contributed by atoms with Crippen LogP contribution < -0.4 is 5.32 Å². The van der Waals surface area contributed by atoms with Crippen molar-refractivity contribution in [3.05, 3.63) is 0 Å². The molecule has 0 aromatic carbocycles. The molecule has 2 aliphatic rings. The van der Waals surface area contributed by atoms with Crippen molar-refractivity contribution < 1.29 is 28.0 Å². The summed E-state index contributed by atoms with van der Waals surface area (Å²) in [6.07, 6.45) is 3.48. The lowest BCUT2D eigenvalue weighted by Gasteiger charge is -2.29. The van der Waals surface area contributed by atoms with Gasteiger partial charge in [-0.05, 0) is 58.3 Å². The Morgan fingerprint density at radius 2 is 1.54 bits per heavy atom. The summed E-state index contributed by atoms with van der Waals surface area (Å²) in [5.74, 6) is -1.43. The van der Waals surface area contributed by atoms with E-state index in [-0.39, 0.29) is 23.7 Å². The quantitative estimate of drug-likeness (QED) is 0.394. The normalized spacial score (nSPS) is 27.7. The zero-order valence-corrected chi connectivity index (χ0v) is 17.2. The standard InChI is InChI=1S/C18H33NO6Si/c1-4-23-26(24-5-2,25-6-3)11-7-10-19-17(20)15-13-8-9-14(12-13)16(15)18(21)22/h13-16H,4-12H2,1-3H3,(H,19,20)(H,21,22). The number of hydrogen-bond acceptors (Lipinski definition) is 5. The van der Waals surface area contributed by atoms with E-state index >= 15 is 0 Å². The number of amides is 1. The summed E-state index contributed by atoms with van der Waals surface area (Å²) in [5, 5.41) is 12.4. The maximum atomic E-state index is 12.6. The van der Waals surface area contributed by atoms with E-state index < -0.39 is 20.7 Å². The summed E-state index contributed by atoms with van der Waals surface area (Å²) in [7, 11) is -2.69. The minimum atomic E-state index is -2.69. The second-order valence-electron chi connectivity index (χ2n) is 7.10. The van der Waals surface area contributed by atoms with E-state index in [0.717, 1.165) is 19.3 Å². The van der Waals surface area contributed by atoms with E-state index in [0.29, 0.717) is 38.8 Å². The summed E-state index contributed by atoms with van der Waals surface area (Å²) < 4.78 is 17.4. The van der Waals surface area contributed by atoms with E-state index in [4.69, 9.17) is 13.3 Å². The predicted molar refractivity (Wildman–Crippen MR) is 98.5 cm³/mol. The lowest BCUT2D eigenvalue weighted by Crippen LogP contribution is -2.47. The number of carbonyl (C=O) groups excluding carboxylic acids is 1. The zero-order valence-electron chi connectivity index (χ0n) is 16.2. The fourth-order valence-electron chi connectivity index (χ4n) is 4.66. The molecule has 4 atom stereocenters. The van der Waals surface area contributed by atoms with Crippen LogP contribution in [0.3, 0.4) is 0 Å². The van der Waals surface area contributed by atoms with E-state index in [1.54, 1.807) is 0 Å². The van der Waals surface area contributed by atoms with E-state index in [1.165, 1.54) is 0 Å². The molecule has 2 bridgehead atoms. The Balaban J connectivity index is 1.84. The molecule has 1 amide bonds. The van der Waals surface area contributed by atoms with Crippen LogP contribution in [0.4, 0.5) is 0 Å². The molecule has 0 heterocycles. The third kappa shape index (κ3) is 4.85. The first-order valence-electron chi connectivity index (χ1n) is 9.90. The van der Waals surface area contributed by atoms with Crippen LogP contribution in [-0.2, 0) is 22.9 Å². The van der Waals surface area contributed by atoms with Crippen molar-refractivity contribution in [2.45, 2.75) is 52.5 Å². The molecule has 0 spiro atoms. The first-order chi connectivity index (χ1) is 12.5. The molecular formula is C18H33NO6Si. The van der Waals surface area contributed by atoms with Crippen molar-refractivity contribution in [2.75, 3.05) is 26.4 Å². The molecule has 4 unspecified atom stereocenters. The van der Waals surface area contributed by atoms with Crippen LogP contribution in [0.1, 0.15) is 46.5 Å². The number of fused-ring (bicyclic) bond motifs is 2. The summed E-state index contributed by atoms with van der Waals surface area (Å²) >= 11 is 0. The van der Waals surface area contributed by atoms with Crippen LogP contribution in [0.25, 0.3) is 0 Å². The van der Waals surface area contributed by atoms with E-state index in [1.807, 2.05) is 20.8 Å². The van der Waals surface area contributed by atoms with Gasteiger partial charge in [-0.3, -0.25) is 9.59 Å². The van der Waals surface area contributed by atoms with Crippen LogP contribution in [0.15, 0.2) is 0 Å².